The van der Waals surface area contributed by atoms with Gasteiger partial charge in [0, 0.05) is 19.3 Å². The maximum Gasteiger partial charge on any atom is 0.337 e. The fourth-order valence-corrected chi connectivity index (χ4v) is 3.11. The molecule has 1 aliphatic heterocycles. The minimum Gasteiger partial charge on any atom is -0.465 e. The standard InChI is InChI=1S/C19H21ClN4O3/c1-27-18(26)13-6-7-14(20)16(12-13)22-17(25)15-8-9-21-19(23-15)24-10-4-2-3-5-11-24/h6-9,12H,2-5,10-11H2,1H3,(H,22,25). The van der Waals surface area contributed by atoms with E-state index in [4.69, 9.17) is 16.3 Å². The summed E-state index contributed by atoms with van der Waals surface area (Å²) in [7, 11) is 1.29. The maximum atomic E-state index is 12.6. The van der Waals surface area contributed by atoms with Crippen molar-refractivity contribution in [3.63, 3.8) is 0 Å². The fraction of sp³-hybridized carbons (Fsp3) is 0.368. The van der Waals surface area contributed by atoms with Gasteiger partial charge in [0.05, 0.1) is 23.4 Å². The summed E-state index contributed by atoms with van der Waals surface area (Å²) in [5.41, 5.74) is 0.855. The van der Waals surface area contributed by atoms with Crippen LogP contribution in [0.5, 0.6) is 0 Å². The van der Waals surface area contributed by atoms with E-state index in [9.17, 15) is 9.59 Å². The summed E-state index contributed by atoms with van der Waals surface area (Å²) in [5.74, 6) is -0.371. The Morgan fingerprint density at radius 2 is 1.89 bits per heavy atom. The van der Waals surface area contributed by atoms with Gasteiger partial charge in [0.2, 0.25) is 5.95 Å². The molecule has 142 valence electrons. The second kappa shape index (κ2) is 8.81. The molecule has 1 aromatic carbocycles. The van der Waals surface area contributed by atoms with Crippen LogP contribution in [-0.4, -0.2) is 42.0 Å². The van der Waals surface area contributed by atoms with Crippen molar-refractivity contribution >= 4 is 35.1 Å². The van der Waals surface area contributed by atoms with Gasteiger partial charge >= 0.3 is 5.97 Å². The zero-order chi connectivity index (χ0) is 19.2. The van der Waals surface area contributed by atoms with E-state index >= 15 is 0 Å². The number of amides is 1. The van der Waals surface area contributed by atoms with Crippen LogP contribution >= 0.6 is 11.6 Å². The lowest BCUT2D eigenvalue weighted by Gasteiger charge is -2.20. The number of benzene rings is 1. The van der Waals surface area contributed by atoms with Crippen molar-refractivity contribution in [2.75, 3.05) is 30.4 Å². The number of aromatic nitrogens is 2. The average molecular weight is 389 g/mol. The SMILES string of the molecule is COC(=O)c1ccc(Cl)c(NC(=O)c2ccnc(N3CCCCCC3)n2)c1. The molecule has 2 heterocycles. The Hall–Kier alpha value is -2.67. The first-order valence-corrected chi connectivity index (χ1v) is 9.23. The molecule has 1 aromatic heterocycles. The van der Waals surface area contributed by atoms with Crippen molar-refractivity contribution < 1.29 is 14.3 Å². The second-order valence-corrected chi connectivity index (χ2v) is 6.69. The van der Waals surface area contributed by atoms with Crippen LogP contribution in [0.3, 0.4) is 0 Å². The number of hydrogen-bond acceptors (Lipinski definition) is 6. The van der Waals surface area contributed by atoms with Crippen LogP contribution in [0.2, 0.25) is 5.02 Å². The van der Waals surface area contributed by atoms with E-state index in [0.29, 0.717) is 22.2 Å². The van der Waals surface area contributed by atoms with Crippen LogP contribution < -0.4 is 10.2 Å². The van der Waals surface area contributed by atoms with Crippen LogP contribution in [0, 0.1) is 0 Å². The first kappa shape index (κ1) is 19.1. The third-order valence-electron chi connectivity index (χ3n) is 4.40. The zero-order valence-electron chi connectivity index (χ0n) is 15.1. The van der Waals surface area contributed by atoms with Gasteiger partial charge in [-0.15, -0.1) is 0 Å². The molecule has 0 atom stereocenters. The van der Waals surface area contributed by atoms with E-state index in [1.807, 2.05) is 0 Å². The summed E-state index contributed by atoms with van der Waals surface area (Å²) in [5, 5.41) is 3.02. The summed E-state index contributed by atoms with van der Waals surface area (Å²) in [6.07, 6.45) is 6.16. The average Bonchev–Trinajstić information content (AvgIpc) is 2.98. The minimum atomic E-state index is -0.507. The molecule has 3 rings (SSSR count). The van der Waals surface area contributed by atoms with Crippen molar-refractivity contribution in [2.45, 2.75) is 25.7 Å². The van der Waals surface area contributed by atoms with Gasteiger partial charge in [0.15, 0.2) is 0 Å². The van der Waals surface area contributed by atoms with Gasteiger partial charge in [-0.05, 0) is 37.1 Å². The molecule has 0 bridgehead atoms. The van der Waals surface area contributed by atoms with Crippen molar-refractivity contribution in [1.29, 1.82) is 0 Å². The van der Waals surface area contributed by atoms with E-state index in [-0.39, 0.29) is 5.69 Å². The molecular weight excluding hydrogens is 368 g/mol. The highest BCUT2D eigenvalue weighted by Gasteiger charge is 2.17. The summed E-state index contributed by atoms with van der Waals surface area (Å²) in [6, 6.07) is 6.09. The lowest BCUT2D eigenvalue weighted by molar-refractivity contribution is 0.0600. The quantitative estimate of drug-likeness (QED) is 0.806. The Balaban J connectivity index is 1.78. The molecule has 0 spiro atoms. The number of carbonyl (C=O) groups is 2. The molecule has 1 saturated heterocycles. The van der Waals surface area contributed by atoms with Crippen LogP contribution in [-0.2, 0) is 4.74 Å². The number of carbonyl (C=O) groups excluding carboxylic acids is 2. The molecule has 0 radical (unpaired) electrons. The highest BCUT2D eigenvalue weighted by molar-refractivity contribution is 6.34. The highest BCUT2D eigenvalue weighted by atomic mass is 35.5. The highest BCUT2D eigenvalue weighted by Crippen LogP contribution is 2.24. The minimum absolute atomic E-state index is 0.240. The van der Waals surface area contributed by atoms with Gasteiger partial charge in [-0.25, -0.2) is 14.8 Å². The molecule has 1 amide bonds. The van der Waals surface area contributed by atoms with Gasteiger partial charge in [-0.2, -0.15) is 0 Å². The largest absolute Gasteiger partial charge is 0.465 e. The Kier molecular flexibility index (Phi) is 6.24. The predicted octanol–water partition coefficient (Wildman–Crippen LogP) is 3.55. The molecule has 0 unspecified atom stereocenters. The van der Waals surface area contributed by atoms with E-state index in [1.165, 1.54) is 38.2 Å². The van der Waals surface area contributed by atoms with E-state index in [0.717, 1.165) is 25.9 Å². The lowest BCUT2D eigenvalue weighted by atomic mass is 10.2. The van der Waals surface area contributed by atoms with Crippen LogP contribution in [0.25, 0.3) is 0 Å². The Morgan fingerprint density at radius 1 is 1.15 bits per heavy atom. The molecule has 1 aliphatic rings. The van der Waals surface area contributed by atoms with E-state index < -0.39 is 11.9 Å². The zero-order valence-corrected chi connectivity index (χ0v) is 15.8. The van der Waals surface area contributed by atoms with Crippen molar-refractivity contribution in [2.24, 2.45) is 0 Å². The monoisotopic (exact) mass is 388 g/mol. The summed E-state index contributed by atoms with van der Waals surface area (Å²) >= 11 is 6.14. The summed E-state index contributed by atoms with van der Waals surface area (Å²) in [6.45, 7) is 1.77. The van der Waals surface area contributed by atoms with E-state index in [2.05, 4.69) is 20.2 Å². The van der Waals surface area contributed by atoms with Gasteiger partial charge in [0.1, 0.15) is 5.69 Å². The molecular formula is C19H21ClN4O3. The first-order valence-electron chi connectivity index (χ1n) is 8.85. The van der Waals surface area contributed by atoms with Gasteiger partial charge in [-0.3, -0.25) is 4.79 Å². The number of ether oxygens (including phenoxy) is 1. The Bertz CT molecular complexity index is 835. The van der Waals surface area contributed by atoms with Gasteiger partial charge in [-0.1, -0.05) is 24.4 Å². The van der Waals surface area contributed by atoms with Crippen LogP contribution in [0.1, 0.15) is 46.5 Å². The molecule has 8 heteroatoms. The third kappa shape index (κ3) is 4.74. The number of esters is 1. The number of nitrogens with one attached hydrogen (secondary N) is 1. The first-order chi connectivity index (χ1) is 13.1. The smallest absolute Gasteiger partial charge is 0.337 e. The molecule has 27 heavy (non-hydrogen) atoms. The molecule has 1 N–H and O–H groups in total. The number of halogens is 1. The summed E-state index contributed by atoms with van der Waals surface area (Å²) < 4.78 is 4.69. The number of nitrogens with zero attached hydrogens (tertiary/aromatic N) is 3. The third-order valence-corrected chi connectivity index (χ3v) is 4.73. The van der Waals surface area contributed by atoms with Crippen LogP contribution in [0.4, 0.5) is 11.6 Å². The lowest BCUT2D eigenvalue weighted by Crippen LogP contribution is -2.27. The summed E-state index contributed by atoms with van der Waals surface area (Å²) in [4.78, 5) is 35.1. The second-order valence-electron chi connectivity index (χ2n) is 6.28. The molecule has 2 aromatic rings. The Morgan fingerprint density at radius 3 is 2.59 bits per heavy atom. The van der Waals surface area contributed by atoms with Crippen molar-refractivity contribution in [1.82, 2.24) is 9.97 Å². The van der Waals surface area contributed by atoms with Crippen LogP contribution in [0.15, 0.2) is 30.5 Å². The van der Waals surface area contributed by atoms with Crippen molar-refractivity contribution in [3.8, 4) is 0 Å². The Labute approximate surface area is 162 Å². The number of hydrogen-bond donors (Lipinski definition) is 1. The number of rotatable bonds is 4. The molecule has 7 nitrogen and oxygen atoms in total. The topological polar surface area (TPSA) is 84.4 Å². The molecule has 0 saturated carbocycles. The normalized spacial score (nSPS) is 14.4. The fourth-order valence-electron chi connectivity index (χ4n) is 2.95. The van der Waals surface area contributed by atoms with Gasteiger partial charge in [0.25, 0.3) is 5.91 Å². The van der Waals surface area contributed by atoms with Crippen molar-refractivity contribution in [3.05, 3.63) is 46.7 Å². The van der Waals surface area contributed by atoms with Gasteiger partial charge < -0.3 is 15.0 Å². The van der Waals surface area contributed by atoms with E-state index in [1.54, 1.807) is 12.3 Å². The maximum absolute atomic E-state index is 12.6. The predicted molar refractivity (Wildman–Crippen MR) is 103 cm³/mol. The number of anilines is 2. The molecule has 1 fully saturated rings. The number of methoxy groups -OCH3 is 1. The molecule has 0 aliphatic carbocycles.